The Morgan fingerprint density at radius 2 is 0.882 bits per heavy atom. The predicted octanol–water partition coefficient (Wildman–Crippen LogP) is -4.23. The molecule has 0 aliphatic heterocycles. The summed E-state index contributed by atoms with van der Waals surface area (Å²) in [4.78, 5) is 31.2. The van der Waals surface area contributed by atoms with E-state index < -0.39 is 37.5 Å². The number of carbonyl (C=O) groups is 3. The Kier molecular flexibility index (Phi) is 31.6. The summed E-state index contributed by atoms with van der Waals surface area (Å²) in [6.45, 7) is -1.80. The maximum atomic E-state index is 10.1. The third-order valence-corrected chi connectivity index (χ3v) is 1.08. The summed E-state index contributed by atoms with van der Waals surface area (Å²) < 4.78 is 0. The molecule has 0 saturated carbocycles. The fraction of sp³-hybridized carbons (Fsp3) is 0.500. The van der Waals surface area contributed by atoms with E-state index in [1.54, 1.807) is 0 Å². The average Bonchev–Trinajstić information content (AvgIpc) is 1.80. The summed E-state index contributed by atoms with van der Waals surface area (Å²) >= 11 is 0. The zero-order valence-corrected chi connectivity index (χ0v) is 7.13. The van der Waals surface area contributed by atoms with Gasteiger partial charge in [0.15, 0.2) is 0 Å². The van der Waals surface area contributed by atoms with E-state index in [0.717, 1.165) is 4.90 Å². The van der Waals surface area contributed by atoms with Crippen LogP contribution in [-0.4, -0.2) is 152 Å². The van der Waals surface area contributed by atoms with Gasteiger partial charge in [-0.3, -0.25) is 19.3 Å². The van der Waals surface area contributed by atoms with Gasteiger partial charge in [-0.2, -0.15) is 0 Å². The van der Waals surface area contributed by atoms with Crippen molar-refractivity contribution < 1.29 is 35.2 Å². The SMILES string of the molecule is O.O=C(O)CN(CC(=O)O)CC(=O)O.[NaH].[NaH].[NaH]. The molecule has 0 saturated heterocycles. The molecule has 5 N–H and O–H groups in total. The van der Waals surface area contributed by atoms with Crippen molar-refractivity contribution in [3.05, 3.63) is 0 Å². The number of rotatable bonds is 6. The molecule has 0 aliphatic rings. The fourth-order valence-corrected chi connectivity index (χ4v) is 0.742. The van der Waals surface area contributed by atoms with Gasteiger partial charge in [-0.1, -0.05) is 0 Å². The number of nitrogens with zero attached hydrogens (tertiary/aromatic N) is 1. The van der Waals surface area contributed by atoms with Crippen molar-refractivity contribution in [3.63, 3.8) is 0 Å². The van der Waals surface area contributed by atoms with Crippen LogP contribution in [0.25, 0.3) is 0 Å². The molecule has 0 fully saturated rings. The van der Waals surface area contributed by atoms with Gasteiger partial charge in [0.05, 0.1) is 19.6 Å². The van der Waals surface area contributed by atoms with Crippen molar-refractivity contribution in [2.75, 3.05) is 19.6 Å². The van der Waals surface area contributed by atoms with Crippen molar-refractivity contribution in [1.29, 1.82) is 0 Å². The van der Waals surface area contributed by atoms with Gasteiger partial charge in [-0.05, 0) is 0 Å². The Balaban J connectivity index is -0.000000120. The maximum absolute atomic E-state index is 10.1. The van der Waals surface area contributed by atoms with Crippen LogP contribution >= 0.6 is 0 Å². The first-order chi connectivity index (χ1) is 5.91. The van der Waals surface area contributed by atoms with Crippen LogP contribution in [0.5, 0.6) is 0 Å². The van der Waals surface area contributed by atoms with Gasteiger partial charge in [0.2, 0.25) is 0 Å². The third-order valence-electron chi connectivity index (χ3n) is 1.08. The first-order valence-corrected chi connectivity index (χ1v) is 3.29. The Hall–Kier alpha value is 1.33. The molecule has 0 radical (unpaired) electrons. The van der Waals surface area contributed by atoms with E-state index in [1.165, 1.54) is 0 Å². The summed E-state index contributed by atoms with van der Waals surface area (Å²) in [5.74, 6) is -3.78. The van der Waals surface area contributed by atoms with E-state index in [2.05, 4.69) is 0 Å². The molecular weight excluding hydrogens is 267 g/mol. The zero-order chi connectivity index (χ0) is 10.4. The quantitative estimate of drug-likeness (QED) is 0.418. The van der Waals surface area contributed by atoms with Crippen LogP contribution in [0.4, 0.5) is 0 Å². The molecular formula is C6H14NNa3O7. The summed E-state index contributed by atoms with van der Waals surface area (Å²) in [7, 11) is 0. The number of hydrogen-bond acceptors (Lipinski definition) is 4. The summed E-state index contributed by atoms with van der Waals surface area (Å²) in [5, 5.41) is 24.8. The van der Waals surface area contributed by atoms with Gasteiger partial charge < -0.3 is 20.8 Å². The molecule has 17 heavy (non-hydrogen) atoms. The molecule has 0 atom stereocenters. The molecule has 8 nitrogen and oxygen atoms in total. The monoisotopic (exact) mass is 281 g/mol. The number of carboxylic acid groups (broad SMARTS) is 3. The van der Waals surface area contributed by atoms with E-state index in [0.29, 0.717) is 0 Å². The fourth-order valence-electron chi connectivity index (χ4n) is 0.742. The minimum absolute atomic E-state index is 0. The van der Waals surface area contributed by atoms with Gasteiger partial charge in [-0.15, -0.1) is 0 Å². The van der Waals surface area contributed by atoms with E-state index in [4.69, 9.17) is 15.3 Å². The van der Waals surface area contributed by atoms with Crippen molar-refractivity contribution in [2.45, 2.75) is 0 Å². The molecule has 0 aliphatic carbocycles. The van der Waals surface area contributed by atoms with Crippen molar-refractivity contribution in [3.8, 4) is 0 Å². The molecule has 0 bridgehead atoms. The normalized spacial score (nSPS) is 7.59. The van der Waals surface area contributed by atoms with Crippen LogP contribution in [0.15, 0.2) is 0 Å². The molecule has 0 spiro atoms. The summed E-state index contributed by atoms with van der Waals surface area (Å²) in [5.41, 5.74) is 0. The first-order valence-electron chi connectivity index (χ1n) is 3.29. The van der Waals surface area contributed by atoms with Crippen LogP contribution in [0, 0.1) is 0 Å². The van der Waals surface area contributed by atoms with Gasteiger partial charge in [0.1, 0.15) is 0 Å². The van der Waals surface area contributed by atoms with Gasteiger partial charge >= 0.3 is 107 Å². The molecule has 0 aromatic heterocycles. The van der Waals surface area contributed by atoms with E-state index in [9.17, 15) is 14.4 Å². The number of hydrogen-bond donors (Lipinski definition) is 3. The van der Waals surface area contributed by atoms with Gasteiger partial charge in [-0.25, -0.2) is 0 Å². The standard InChI is InChI=1S/C6H9NO6.3Na.H2O.3H/c8-4(9)1-7(2-5(10)11)3-6(12)13;;;;;;;/h1-3H2,(H,8,9)(H,10,11)(H,12,13);;;;1H2;;;. The summed E-state index contributed by atoms with van der Waals surface area (Å²) in [6, 6.07) is 0. The average molecular weight is 281 g/mol. The second kappa shape index (κ2) is 17.3. The molecule has 0 unspecified atom stereocenters. The van der Waals surface area contributed by atoms with Crippen LogP contribution < -0.4 is 0 Å². The van der Waals surface area contributed by atoms with E-state index in [-0.39, 0.29) is 94.1 Å². The van der Waals surface area contributed by atoms with E-state index in [1.807, 2.05) is 0 Å². The van der Waals surface area contributed by atoms with Crippen LogP contribution in [-0.2, 0) is 14.4 Å². The Morgan fingerprint density at radius 3 is 1.00 bits per heavy atom. The zero-order valence-electron chi connectivity index (χ0n) is 7.13. The third kappa shape index (κ3) is 22.9. The summed E-state index contributed by atoms with van der Waals surface area (Å²) in [6.07, 6.45) is 0. The van der Waals surface area contributed by atoms with Crippen LogP contribution in [0.3, 0.4) is 0 Å². The first kappa shape index (κ1) is 31.0. The van der Waals surface area contributed by atoms with Crippen molar-refractivity contribution in [2.24, 2.45) is 0 Å². The molecule has 0 rings (SSSR count). The van der Waals surface area contributed by atoms with Gasteiger partial charge in [0.25, 0.3) is 0 Å². The molecule has 0 aromatic rings. The Morgan fingerprint density at radius 1 is 0.706 bits per heavy atom. The van der Waals surface area contributed by atoms with Crippen molar-refractivity contribution in [1.82, 2.24) is 4.90 Å². The second-order valence-electron chi connectivity index (χ2n) is 2.33. The molecule has 11 heteroatoms. The topological polar surface area (TPSA) is 147 Å². The van der Waals surface area contributed by atoms with E-state index >= 15 is 0 Å². The predicted molar refractivity (Wildman–Crippen MR) is 64.4 cm³/mol. The molecule has 0 amide bonds. The molecule has 0 aromatic carbocycles. The van der Waals surface area contributed by atoms with Gasteiger partial charge in [0, 0.05) is 0 Å². The van der Waals surface area contributed by atoms with Crippen LogP contribution in [0.2, 0.25) is 0 Å². The minimum atomic E-state index is -1.26. The molecule has 88 valence electrons. The van der Waals surface area contributed by atoms with Crippen molar-refractivity contribution >= 4 is 107 Å². The number of aliphatic carboxylic acids is 3. The second-order valence-corrected chi connectivity index (χ2v) is 2.33. The molecule has 0 heterocycles. The Labute approximate surface area is 164 Å². The van der Waals surface area contributed by atoms with Crippen LogP contribution in [0.1, 0.15) is 0 Å². The Bertz CT molecular complexity index is 200. The number of carboxylic acids is 3.